The van der Waals surface area contributed by atoms with E-state index in [1.165, 1.54) is 33.4 Å². The minimum atomic E-state index is -0.00683. The highest BCUT2D eigenvalue weighted by Gasteiger charge is 2.31. The molecule has 1 N–H and O–H groups in total. The van der Waals surface area contributed by atoms with E-state index in [2.05, 4.69) is 74.5 Å². The maximum atomic E-state index is 10.8. The Labute approximate surface area is 167 Å². The molecule has 1 aliphatic rings. The molecule has 1 fully saturated rings. The Hall–Kier alpha value is -2.90. The molecule has 3 heterocycles. The molecule has 0 amide bonds. The average Bonchev–Trinajstić information content (AvgIpc) is 3.34. The Balaban J connectivity index is 1.46. The maximum absolute atomic E-state index is 10.8. The smallest absolute Gasteiger partial charge is 0.230 e. The highest BCUT2D eigenvalue weighted by atomic mass is 32.1. The SMILES string of the molecule is Oc1c(C(c2ccccc2)N2CCN(c3ccccc3)CC2)sc2ncnn12. The van der Waals surface area contributed by atoms with Gasteiger partial charge in [0.15, 0.2) is 0 Å². The monoisotopic (exact) mass is 391 g/mol. The van der Waals surface area contributed by atoms with Crippen molar-refractivity contribution in [3.8, 4) is 5.88 Å². The zero-order chi connectivity index (χ0) is 18.9. The molecule has 6 nitrogen and oxygen atoms in total. The summed E-state index contributed by atoms with van der Waals surface area (Å²) in [5, 5.41) is 15.0. The molecule has 2 aromatic heterocycles. The van der Waals surface area contributed by atoms with E-state index in [0.717, 1.165) is 36.0 Å². The fourth-order valence-corrected chi connectivity index (χ4v) is 5.00. The highest BCUT2D eigenvalue weighted by molar-refractivity contribution is 7.17. The van der Waals surface area contributed by atoms with E-state index >= 15 is 0 Å². The van der Waals surface area contributed by atoms with Crippen LogP contribution in [0.25, 0.3) is 4.96 Å². The molecule has 0 saturated carbocycles. The van der Waals surface area contributed by atoms with Crippen molar-refractivity contribution >= 4 is 22.0 Å². The fraction of sp³-hybridized carbons (Fsp3) is 0.238. The van der Waals surface area contributed by atoms with Gasteiger partial charge in [0.2, 0.25) is 10.8 Å². The molecule has 1 atom stereocenters. The molecular formula is C21H21N5OS. The first kappa shape index (κ1) is 17.2. The summed E-state index contributed by atoms with van der Waals surface area (Å²) in [5.74, 6) is 0.192. The second kappa shape index (κ2) is 7.26. The summed E-state index contributed by atoms with van der Waals surface area (Å²) in [6, 6.07) is 20.9. The van der Waals surface area contributed by atoms with Crippen LogP contribution >= 0.6 is 11.3 Å². The summed E-state index contributed by atoms with van der Waals surface area (Å²) in [5.41, 5.74) is 2.44. The molecule has 142 valence electrons. The standard InChI is InChI=1S/C21H21N5OS/c27-20-19(28-21-22-15-23-26(20)21)18(16-7-3-1-4-8-16)25-13-11-24(12-14-25)17-9-5-2-6-10-17/h1-10,15,18,27H,11-14H2. The van der Waals surface area contributed by atoms with Gasteiger partial charge in [-0.05, 0) is 17.7 Å². The average molecular weight is 392 g/mol. The molecule has 1 unspecified atom stereocenters. The highest BCUT2D eigenvalue weighted by Crippen LogP contribution is 2.40. The van der Waals surface area contributed by atoms with Crippen LogP contribution in [0.1, 0.15) is 16.5 Å². The van der Waals surface area contributed by atoms with Crippen LogP contribution in [0.2, 0.25) is 0 Å². The lowest BCUT2D eigenvalue weighted by Gasteiger charge is -2.40. The molecule has 0 aliphatic carbocycles. The Morgan fingerprint density at radius 3 is 2.25 bits per heavy atom. The Morgan fingerprint density at radius 1 is 0.893 bits per heavy atom. The van der Waals surface area contributed by atoms with Gasteiger partial charge in [-0.1, -0.05) is 59.9 Å². The zero-order valence-corrected chi connectivity index (χ0v) is 16.2. The Morgan fingerprint density at radius 2 is 1.57 bits per heavy atom. The summed E-state index contributed by atoms with van der Waals surface area (Å²) in [4.78, 5) is 10.7. The van der Waals surface area contributed by atoms with Gasteiger partial charge in [0, 0.05) is 31.9 Å². The molecule has 0 spiro atoms. The van der Waals surface area contributed by atoms with E-state index in [9.17, 15) is 5.11 Å². The number of fused-ring (bicyclic) bond motifs is 1. The fourth-order valence-electron chi connectivity index (χ4n) is 3.91. The predicted octanol–water partition coefficient (Wildman–Crippen LogP) is 3.41. The van der Waals surface area contributed by atoms with E-state index in [0.29, 0.717) is 0 Å². The van der Waals surface area contributed by atoms with Crippen LogP contribution < -0.4 is 4.90 Å². The third kappa shape index (κ3) is 3.02. The van der Waals surface area contributed by atoms with Crippen molar-refractivity contribution in [1.82, 2.24) is 19.5 Å². The first-order valence-corrected chi connectivity index (χ1v) is 10.2. The first-order valence-electron chi connectivity index (χ1n) is 9.41. The summed E-state index contributed by atoms with van der Waals surface area (Å²) in [6.45, 7) is 3.74. The molecule has 0 radical (unpaired) electrons. The number of benzene rings is 2. The van der Waals surface area contributed by atoms with Crippen LogP contribution in [0.4, 0.5) is 5.69 Å². The third-order valence-electron chi connectivity index (χ3n) is 5.30. The molecule has 4 aromatic rings. The lowest BCUT2D eigenvalue weighted by molar-refractivity contribution is 0.211. The maximum Gasteiger partial charge on any atom is 0.230 e. The van der Waals surface area contributed by atoms with Gasteiger partial charge >= 0.3 is 0 Å². The summed E-state index contributed by atoms with van der Waals surface area (Å²) in [7, 11) is 0. The number of hydrogen-bond acceptors (Lipinski definition) is 6. The second-order valence-electron chi connectivity index (χ2n) is 6.92. The number of para-hydroxylation sites is 1. The van der Waals surface area contributed by atoms with Gasteiger partial charge < -0.3 is 10.0 Å². The lowest BCUT2D eigenvalue weighted by Crippen LogP contribution is -2.47. The Kier molecular flexibility index (Phi) is 4.46. The predicted molar refractivity (Wildman–Crippen MR) is 111 cm³/mol. The van der Waals surface area contributed by atoms with Crippen molar-refractivity contribution in [1.29, 1.82) is 0 Å². The number of rotatable bonds is 4. The van der Waals surface area contributed by atoms with E-state index < -0.39 is 0 Å². The number of nitrogens with zero attached hydrogens (tertiary/aromatic N) is 5. The molecule has 28 heavy (non-hydrogen) atoms. The van der Waals surface area contributed by atoms with Crippen LogP contribution in [-0.4, -0.2) is 50.8 Å². The van der Waals surface area contributed by atoms with Crippen molar-refractivity contribution in [2.24, 2.45) is 0 Å². The molecular weight excluding hydrogens is 370 g/mol. The molecule has 2 aromatic carbocycles. The van der Waals surface area contributed by atoms with E-state index in [-0.39, 0.29) is 11.9 Å². The Bertz CT molecular complexity index is 1050. The van der Waals surface area contributed by atoms with Gasteiger partial charge in [-0.15, -0.1) is 0 Å². The number of hydrogen-bond donors (Lipinski definition) is 1. The molecule has 7 heteroatoms. The number of anilines is 1. The van der Waals surface area contributed by atoms with Crippen LogP contribution in [0.15, 0.2) is 67.0 Å². The molecule has 1 saturated heterocycles. The number of aromatic hydroxyl groups is 1. The first-order chi connectivity index (χ1) is 13.8. The quantitative estimate of drug-likeness (QED) is 0.578. The van der Waals surface area contributed by atoms with Crippen LogP contribution in [0, 0.1) is 0 Å². The third-order valence-corrected chi connectivity index (χ3v) is 6.39. The molecule has 5 rings (SSSR count). The van der Waals surface area contributed by atoms with Crippen LogP contribution in [0.5, 0.6) is 5.88 Å². The van der Waals surface area contributed by atoms with Crippen molar-refractivity contribution < 1.29 is 5.11 Å². The van der Waals surface area contributed by atoms with Gasteiger partial charge in [0.05, 0.1) is 10.9 Å². The summed E-state index contributed by atoms with van der Waals surface area (Å²) < 4.78 is 1.52. The summed E-state index contributed by atoms with van der Waals surface area (Å²) in [6.07, 6.45) is 1.48. The van der Waals surface area contributed by atoms with Crippen LogP contribution in [-0.2, 0) is 0 Å². The minimum absolute atomic E-state index is 0.00683. The van der Waals surface area contributed by atoms with Gasteiger partial charge in [-0.3, -0.25) is 4.90 Å². The van der Waals surface area contributed by atoms with Gasteiger partial charge in [-0.25, -0.2) is 4.98 Å². The van der Waals surface area contributed by atoms with Crippen molar-refractivity contribution in [3.05, 3.63) is 77.4 Å². The normalized spacial score (nSPS) is 16.5. The van der Waals surface area contributed by atoms with Crippen molar-refractivity contribution in [3.63, 3.8) is 0 Å². The van der Waals surface area contributed by atoms with Gasteiger partial charge in [-0.2, -0.15) is 9.61 Å². The largest absolute Gasteiger partial charge is 0.492 e. The lowest BCUT2D eigenvalue weighted by atomic mass is 10.0. The molecule has 0 bridgehead atoms. The van der Waals surface area contributed by atoms with E-state index in [4.69, 9.17) is 0 Å². The number of thiazole rings is 1. The zero-order valence-electron chi connectivity index (χ0n) is 15.3. The summed E-state index contributed by atoms with van der Waals surface area (Å²) >= 11 is 1.51. The van der Waals surface area contributed by atoms with Crippen molar-refractivity contribution in [2.45, 2.75) is 6.04 Å². The number of aromatic nitrogens is 3. The van der Waals surface area contributed by atoms with Gasteiger partial charge in [0.1, 0.15) is 6.33 Å². The topological polar surface area (TPSA) is 56.9 Å². The second-order valence-corrected chi connectivity index (χ2v) is 7.93. The van der Waals surface area contributed by atoms with Crippen LogP contribution in [0.3, 0.4) is 0 Å². The van der Waals surface area contributed by atoms with Crippen molar-refractivity contribution in [2.75, 3.05) is 31.1 Å². The van der Waals surface area contributed by atoms with E-state index in [1.807, 2.05) is 6.07 Å². The number of piperazine rings is 1. The van der Waals surface area contributed by atoms with Gasteiger partial charge in [0.25, 0.3) is 0 Å². The molecule has 1 aliphatic heterocycles. The van der Waals surface area contributed by atoms with E-state index in [1.54, 1.807) is 0 Å². The minimum Gasteiger partial charge on any atom is -0.492 e.